The zero-order valence-electron chi connectivity index (χ0n) is 27.5. The number of carbonyl (C=O) groups excluding carboxylic acids is 2. The largest absolute Gasteiger partial charge is 0.322 e. The third-order valence-corrected chi connectivity index (χ3v) is 9.65. The molecule has 2 saturated carbocycles. The minimum absolute atomic E-state index is 0.0259. The highest BCUT2D eigenvalue weighted by Crippen LogP contribution is 2.26. The van der Waals surface area contributed by atoms with Crippen LogP contribution in [0.25, 0.3) is 0 Å². The van der Waals surface area contributed by atoms with Gasteiger partial charge >= 0.3 is 12.1 Å². The highest BCUT2D eigenvalue weighted by Gasteiger charge is 2.27. The molecule has 3 aromatic carbocycles. The first-order chi connectivity index (χ1) is 23.3. The molecule has 10 heteroatoms. The Morgan fingerprint density at radius 1 is 0.562 bits per heavy atom. The molecule has 6 nitrogen and oxygen atoms in total. The van der Waals surface area contributed by atoms with E-state index >= 15 is 0 Å². The van der Waals surface area contributed by atoms with Gasteiger partial charge in [0.15, 0.2) is 0 Å². The molecule has 2 fully saturated rings. The SMILES string of the molecule is O=C(Nc1ccc(F)cc1F)N(CCCc1ccc(CCCN(C(=O)Nc2ccc(F)cc2F)C2CCCCC2)cc1)C1CCCCC1. The van der Waals surface area contributed by atoms with Crippen molar-refractivity contribution in [2.24, 2.45) is 0 Å². The first kappa shape index (κ1) is 35.2. The van der Waals surface area contributed by atoms with Crippen LogP contribution in [0.1, 0.15) is 88.2 Å². The molecule has 0 aromatic heterocycles. The Morgan fingerprint density at radius 3 is 1.29 bits per heavy atom. The van der Waals surface area contributed by atoms with E-state index in [1.54, 1.807) is 0 Å². The van der Waals surface area contributed by atoms with Crippen LogP contribution in [0.4, 0.5) is 38.5 Å². The van der Waals surface area contributed by atoms with Crippen LogP contribution in [0.5, 0.6) is 0 Å². The molecule has 0 heterocycles. The molecule has 2 N–H and O–H groups in total. The molecule has 0 atom stereocenters. The second-order valence-corrected chi connectivity index (χ2v) is 13.1. The fourth-order valence-electron chi connectivity index (χ4n) is 7.02. The maximum Gasteiger partial charge on any atom is 0.322 e. The summed E-state index contributed by atoms with van der Waals surface area (Å²) in [5, 5.41) is 5.30. The summed E-state index contributed by atoms with van der Waals surface area (Å²) < 4.78 is 55.2. The highest BCUT2D eigenvalue weighted by atomic mass is 19.1. The molecule has 5 rings (SSSR count). The Bertz CT molecular complexity index is 1390. The van der Waals surface area contributed by atoms with Gasteiger partial charge in [-0.3, -0.25) is 0 Å². The molecule has 258 valence electrons. The molecule has 2 aliphatic rings. The summed E-state index contributed by atoms with van der Waals surface area (Å²) in [5.41, 5.74) is 2.25. The Balaban J connectivity index is 1.13. The van der Waals surface area contributed by atoms with Crippen LogP contribution in [-0.4, -0.2) is 47.0 Å². The monoisotopic (exact) mass is 666 g/mol. The Hall–Kier alpha value is -4.08. The van der Waals surface area contributed by atoms with E-state index in [1.807, 2.05) is 9.80 Å². The molecular formula is C38H46F4N4O2. The summed E-state index contributed by atoms with van der Waals surface area (Å²) >= 11 is 0. The number of benzene rings is 3. The van der Waals surface area contributed by atoms with Crippen LogP contribution in [0.2, 0.25) is 0 Å². The van der Waals surface area contributed by atoms with Crippen molar-refractivity contribution in [3.05, 3.63) is 95.1 Å². The number of hydrogen-bond donors (Lipinski definition) is 2. The number of urea groups is 2. The number of nitrogens with zero attached hydrogens (tertiary/aromatic N) is 2. The average molecular weight is 667 g/mol. The van der Waals surface area contributed by atoms with Gasteiger partial charge < -0.3 is 20.4 Å². The third-order valence-electron chi connectivity index (χ3n) is 9.65. The maximum atomic E-state index is 14.2. The van der Waals surface area contributed by atoms with Gasteiger partial charge in [-0.15, -0.1) is 0 Å². The second kappa shape index (κ2) is 17.4. The van der Waals surface area contributed by atoms with Crippen LogP contribution in [0.3, 0.4) is 0 Å². The van der Waals surface area contributed by atoms with Gasteiger partial charge in [-0.2, -0.15) is 0 Å². The van der Waals surface area contributed by atoms with E-state index in [-0.39, 0.29) is 35.5 Å². The molecule has 3 aromatic rings. The van der Waals surface area contributed by atoms with Gasteiger partial charge in [0.2, 0.25) is 0 Å². The lowest BCUT2D eigenvalue weighted by Gasteiger charge is -2.34. The van der Waals surface area contributed by atoms with Crippen LogP contribution >= 0.6 is 0 Å². The van der Waals surface area contributed by atoms with Crippen LogP contribution < -0.4 is 10.6 Å². The van der Waals surface area contributed by atoms with Crippen molar-refractivity contribution in [3.63, 3.8) is 0 Å². The minimum Gasteiger partial charge on any atom is -0.322 e. The van der Waals surface area contributed by atoms with E-state index in [2.05, 4.69) is 34.9 Å². The second-order valence-electron chi connectivity index (χ2n) is 13.1. The fourth-order valence-corrected chi connectivity index (χ4v) is 7.02. The summed E-state index contributed by atoms with van der Waals surface area (Å²) in [6, 6.07) is 14.2. The standard InChI is InChI=1S/C38H46F4N4O2/c39-29-19-21-35(33(41)25-29)43-37(47)45(31-11-3-1-4-12-31)23-7-9-27-15-17-28(18-16-27)10-8-24-46(32-13-5-2-6-14-32)38(48)44-36-22-20-30(40)26-34(36)42/h15-22,25-26,31-32H,1-14,23-24H2,(H,43,47)(H,44,48). The summed E-state index contributed by atoms with van der Waals surface area (Å²) in [5.74, 6) is -2.97. The number of nitrogens with one attached hydrogen (secondary N) is 2. The van der Waals surface area contributed by atoms with E-state index in [0.29, 0.717) is 13.1 Å². The maximum absolute atomic E-state index is 14.2. The lowest BCUT2D eigenvalue weighted by atomic mass is 9.94. The van der Waals surface area contributed by atoms with Crippen molar-refractivity contribution in [1.82, 2.24) is 9.80 Å². The van der Waals surface area contributed by atoms with Gasteiger partial charge in [-0.05, 0) is 86.8 Å². The smallest absolute Gasteiger partial charge is 0.322 e. The van der Waals surface area contributed by atoms with Crippen LogP contribution in [-0.2, 0) is 12.8 Å². The predicted octanol–water partition coefficient (Wildman–Crippen LogP) is 9.84. The lowest BCUT2D eigenvalue weighted by Crippen LogP contribution is -2.44. The van der Waals surface area contributed by atoms with Gasteiger partial charge in [0, 0.05) is 37.3 Å². The zero-order valence-corrected chi connectivity index (χ0v) is 27.5. The van der Waals surface area contributed by atoms with E-state index in [0.717, 1.165) is 125 Å². The first-order valence-corrected chi connectivity index (χ1v) is 17.4. The van der Waals surface area contributed by atoms with E-state index < -0.39 is 23.3 Å². The molecule has 0 unspecified atom stereocenters. The quantitative estimate of drug-likeness (QED) is 0.189. The Kier molecular flexibility index (Phi) is 12.7. The number of anilines is 2. The van der Waals surface area contributed by atoms with Crippen molar-refractivity contribution < 1.29 is 27.2 Å². The predicted molar refractivity (Wildman–Crippen MR) is 181 cm³/mol. The van der Waals surface area contributed by atoms with Gasteiger partial charge in [0.25, 0.3) is 0 Å². The Morgan fingerprint density at radius 2 is 0.938 bits per heavy atom. The first-order valence-electron chi connectivity index (χ1n) is 17.4. The fraction of sp³-hybridized carbons (Fsp3) is 0.474. The molecule has 48 heavy (non-hydrogen) atoms. The van der Waals surface area contributed by atoms with Crippen molar-refractivity contribution in [2.75, 3.05) is 23.7 Å². The normalized spacial score (nSPS) is 15.6. The number of halogens is 4. The molecule has 4 amide bonds. The van der Waals surface area contributed by atoms with Gasteiger partial charge in [0.05, 0.1) is 11.4 Å². The minimum atomic E-state index is -0.794. The van der Waals surface area contributed by atoms with Crippen molar-refractivity contribution in [1.29, 1.82) is 0 Å². The lowest BCUT2D eigenvalue weighted by molar-refractivity contribution is 0.165. The summed E-state index contributed by atoms with van der Waals surface area (Å²) in [7, 11) is 0. The molecule has 0 spiro atoms. The number of carbonyl (C=O) groups is 2. The van der Waals surface area contributed by atoms with Crippen LogP contribution in [0.15, 0.2) is 60.7 Å². The topological polar surface area (TPSA) is 64.7 Å². The highest BCUT2D eigenvalue weighted by molar-refractivity contribution is 5.90. The van der Waals surface area contributed by atoms with Crippen molar-refractivity contribution >= 4 is 23.4 Å². The van der Waals surface area contributed by atoms with Crippen molar-refractivity contribution in [3.8, 4) is 0 Å². The van der Waals surface area contributed by atoms with Gasteiger partial charge in [-0.25, -0.2) is 27.2 Å². The summed E-state index contributed by atoms with van der Waals surface area (Å²) in [6.45, 7) is 1.06. The number of aryl methyl sites for hydroxylation is 2. The number of hydrogen-bond acceptors (Lipinski definition) is 2. The number of amides is 4. The third kappa shape index (κ3) is 9.97. The van der Waals surface area contributed by atoms with E-state index in [1.165, 1.54) is 12.1 Å². The van der Waals surface area contributed by atoms with E-state index in [9.17, 15) is 27.2 Å². The molecular weight excluding hydrogens is 620 g/mol. The molecule has 0 aliphatic heterocycles. The molecule has 2 aliphatic carbocycles. The molecule has 0 bridgehead atoms. The number of rotatable bonds is 12. The zero-order chi connectivity index (χ0) is 33.9. The van der Waals surface area contributed by atoms with E-state index in [4.69, 9.17) is 0 Å². The summed E-state index contributed by atoms with van der Waals surface area (Å²) in [6.07, 6.45) is 13.2. The van der Waals surface area contributed by atoms with Crippen LogP contribution in [0, 0.1) is 23.3 Å². The Labute approximate surface area is 280 Å². The van der Waals surface area contributed by atoms with Crippen molar-refractivity contribution in [2.45, 2.75) is 102 Å². The van der Waals surface area contributed by atoms with Gasteiger partial charge in [0.1, 0.15) is 23.3 Å². The molecule has 0 radical (unpaired) electrons. The van der Waals surface area contributed by atoms with Gasteiger partial charge in [-0.1, -0.05) is 62.8 Å². The average Bonchev–Trinajstić information content (AvgIpc) is 3.09. The summed E-state index contributed by atoms with van der Waals surface area (Å²) in [4.78, 5) is 30.1. The molecule has 0 saturated heterocycles.